The molecule has 58 valence electrons. The fraction of sp³-hybridized carbons (Fsp3) is 0.778. The highest BCUT2D eigenvalue weighted by atomic mass is 16.1. The molecule has 0 aliphatic heterocycles. The second-order valence-corrected chi connectivity index (χ2v) is 3.68. The van der Waals surface area contributed by atoms with Gasteiger partial charge in [0.25, 0.3) is 0 Å². The van der Waals surface area contributed by atoms with Crippen molar-refractivity contribution in [1.82, 2.24) is 0 Å². The van der Waals surface area contributed by atoms with Gasteiger partial charge in [-0.2, -0.15) is 5.26 Å². The number of Topliss-reactive ketones (excluding diaryl/α,β-unsaturated/α-hetero) is 1. The topological polar surface area (TPSA) is 40.9 Å². The van der Waals surface area contributed by atoms with Crippen LogP contribution >= 0.6 is 0 Å². The maximum absolute atomic E-state index is 11.2. The molecule has 3 aliphatic carbocycles. The summed E-state index contributed by atoms with van der Waals surface area (Å²) in [4.78, 5) is 11.2. The van der Waals surface area contributed by atoms with Gasteiger partial charge in [0.1, 0.15) is 5.78 Å². The van der Waals surface area contributed by atoms with Crippen molar-refractivity contribution in [2.75, 3.05) is 0 Å². The van der Waals surface area contributed by atoms with Crippen molar-refractivity contribution >= 4 is 5.78 Å². The number of carbonyl (C=O) groups excluding carboxylic acids is 1. The fourth-order valence-corrected chi connectivity index (χ4v) is 2.35. The van der Waals surface area contributed by atoms with Crippen LogP contribution in [0.1, 0.15) is 25.7 Å². The fourth-order valence-electron chi connectivity index (χ4n) is 2.35. The van der Waals surface area contributed by atoms with Gasteiger partial charge in [0, 0.05) is 12.3 Å². The molecule has 3 fully saturated rings. The van der Waals surface area contributed by atoms with Crippen molar-refractivity contribution in [3.8, 4) is 6.07 Å². The van der Waals surface area contributed by atoms with Crippen molar-refractivity contribution in [2.24, 2.45) is 17.8 Å². The van der Waals surface area contributed by atoms with Gasteiger partial charge in [0.05, 0.1) is 12.0 Å². The van der Waals surface area contributed by atoms with Crippen molar-refractivity contribution in [1.29, 1.82) is 5.26 Å². The summed E-state index contributed by atoms with van der Waals surface area (Å²) in [5.74, 6) is 1.24. The van der Waals surface area contributed by atoms with Gasteiger partial charge < -0.3 is 0 Å². The van der Waals surface area contributed by atoms with Gasteiger partial charge in [-0.05, 0) is 25.2 Å². The molecule has 0 heterocycles. The van der Waals surface area contributed by atoms with Crippen molar-refractivity contribution in [3.63, 3.8) is 0 Å². The Hall–Kier alpha value is -0.840. The summed E-state index contributed by atoms with van der Waals surface area (Å²) >= 11 is 0. The third-order valence-corrected chi connectivity index (χ3v) is 3.08. The summed E-state index contributed by atoms with van der Waals surface area (Å²) in [6, 6.07) is 2.30. The molecule has 0 radical (unpaired) electrons. The molecule has 2 bridgehead atoms. The van der Waals surface area contributed by atoms with Gasteiger partial charge in [0.2, 0.25) is 0 Å². The summed E-state index contributed by atoms with van der Waals surface area (Å²) in [6.07, 6.45) is 3.68. The Labute approximate surface area is 66.2 Å². The molecule has 0 spiro atoms. The monoisotopic (exact) mass is 149 g/mol. The van der Waals surface area contributed by atoms with Crippen LogP contribution in [0.5, 0.6) is 0 Å². The van der Waals surface area contributed by atoms with Crippen LogP contribution in [0.3, 0.4) is 0 Å². The van der Waals surface area contributed by atoms with E-state index in [0.29, 0.717) is 18.1 Å². The highest BCUT2D eigenvalue weighted by molar-refractivity contribution is 5.83. The van der Waals surface area contributed by atoms with Crippen LogP contribution < -0.4 is 0 Å². The molecule has 2 nitrogen and oxygen atoms in total. The van der Waals surface area contributed by atoms with E-state index >= 15 is 0 Å². The molecule has 3 aliphatic rings. The van der Waals surface area contributed by atoms with Gasteiger partial charge in [-0.3, -0.25) is 4.79 Å². The molecule has 0 unspecified atom stereocenters. The summed E-state index contributed by atoms with van der Waals surface area (Å²) in [5, 5.41) is 8.74. The molecule has 3 saturated carbocycles. The average molecular weight is 149 g/mol. The number of rotatable bonds is 0. The molecule has 0 saturated heterocycles. The third kappa shape index (κ3) is 0.956. The molecule has 0 aromatic rings. The zero-order chi connectivity index (χ0) is 7.84. The second kappa shape index (κ2) is 2.34. The Kier molecular flexibility index (Phi) is 1.45. The van der Waals surface area contributed by atoms with Crippen LogP contribution in [0.2, 0.25) is 0 Å². The maximum Gasteiger partial charge on any atom is 0.136 e. The largest absolute Gasteiger partial charge is 0.299 e. The van der Waals surface area contributed by atoms with E-state index in [1.54, 1.807) is 0 Å². The quantitative estimate of drug-likeness (QED) is 0.524. The van der Waals surface area contributed by atoms with Crippen LogP contribution in [0.15, 0.2) is 0 Å². The molecule has 0 aromatic heterocycles. The van der Waals surface area contributed by atoms with Crippen LogP contribution in [0, 0.1) is 29.1 Å². The number of fused-ring (bicyclic) bond motifs is 3. The van der Waals surface area contributed by atoms with Gasteiger partial charge in [-0.1, -0.05) is 0 Å². The highest BCUT2D eigenvalue weighted by Crippen LogP contribution is 2.42. The van der Waals surface area contributed by atoms with E-state index in [-0.39, 0.29) is 11.8 Å². The first-order valence-corrected chi connectivity index (χ1v) is 4.23. The van der Waals surface area contributed by atoms with E-state index in [1.165, 1.54) is 0 Å². The Morgan fingerprint density at radius 1 is 1.45 bits per heavy atom. The first kappa shape index (κ1) is 6.84. The Morgan fingerprint density at radius 2 is 2.27 bits per heavy atom. The van der Waals surface area contributed by atoms with E-state index in [4.69, 9.17) is 5.26 Å². The standard InChI is InChI=1S/C9H11NO/c10-5-8-3-7-2-1-6(8)4-9(7)11/h6-8H,1-4H2/t6-,7-,8-/m1/s1. The minimum Gasteiger partial charge on any atom is -0.299 e. The van der Waals surface area contributed by atoms with E-state index in [0.717, 1.165) is 19.3 Å². The lowest BCUT2D eigenvalue weighted by Gasteiger charge is -2.37. The number of nitriles is 1. The molecule has 3 rings (SSSR count). The number of ketones is 1. The van der Waals surface area contributed by atoms with Crippen LogP contribution in [0.4, 0.5) is 0 Å². The lowest BCUT2D eigenvalue weighted by Crippen LogP contribution is -2.37. The van der Waals surface area contributed by atoms with Gasteiger partial charge in [-0.15, -0.1) is 0 Å². The van der Waals surface area contributed by atoms with Crippen LogP contribution in [-0.2, 0) is 4.79 Å². The van der Waals surface area contributed by atoms with Crippen molar-refractivity contribution in [2.45, 2.75) is 25.7 Å². The van der Waals surface area contributed by atoms with E-state index in [9.17, 15) is 4.79 Å². The minimum atomic E-state index is 0.187. The normalized spacial score (nSPS) is 42.1. The van der Waals surface area contributed by atoms with Crippen LogP contribution in [0.25, 0.3) is 0 Å². The molecule has 0 aromatic carbocycles. The summed E-state index contributed by atoms with van der Waals surface area (Å²) < 4.78 is 0. The highest BCUT2D eigenvalue weighted by Gasteiger charge is 2.40. The second-order valence-electron chi connectivity index (χ2n) is 3.68. The van der Waals surface area contributed by atoms with Gasteiger partial charge in [-0.25, -0.2) is 0 Å². The van der Waals surface area contributed by atoms with E-state index < -0.39 is 0 Å². The molecule has 3 atom stereocenters. The molecule has 2 heteroatoms. The molecular formula is C9H11NO. The number of carbonyl (C=O) groups is 1. The SMILES string of the molecule is N#C[C@H]1C[C@H]2CC[C@@H]1CC2=O. The van der Waals surface area contributed by atoms with E-state index in [2.05, 4.69) is 6.07 Å². The smallest absolute Gasteiger partial charge is 0.136 e. The summed E-state index contributed by atoms with van der Waals surface area (Å²) in [7, 11) is 0. The number of nitrogens with zero attached hydrogens (tertiary/aromatic N) is 1. The van der Waals surface area contributed by atoms with Crippen molar-refractivity contribution in [3.05, 3.63) is 0 Å². The molecular weight excluding hydrogens is 138 g/mol. The number of hydrogen-bond donors (Lipinski definition) is 0. The maximum atomic E-state index is 11.2. The van der Waals surface area contributed by atoms with Crippen LogP contribution in [-0.4, -0.2) is 5.78 Å². The Morgan fingerprint density at radius 3 is 2.73 bits per heavy atom. The minimum absolute atomic E-state index is 0.187. The van der Waals surface area contributed by atoms with Gasteiger partial charge >= 0.3 is 0 Å². The summed E-state index contributed by atoms with van der Waals surface area (Å²) in [6.45, 7) is 0. The Balaban J connectivity index is 2.17. The lowest BCUT2D eigenvalue weighted by molar-refractivity contribution is -0.130. The van der Waals surface area contributed by atoms with E-state index in [1.807, 2.05) is 0 Å². The predicted octanol–water partition coefficient (Wildman–Crippen LogP) is 1.52. The zero-order valence-electron chi connectivity index (χ0n) is 6.42. The van der Waals surface area contributed by atoms with Crippen molar-refractivity contribution < 1.29 is 4.79 Å². The number of hydrogen-bond acceptors (Lipinski definition) is 2. The third-order valence-electron chi connectivity index (χ3n) is 3.08. The first-order valence-electron chi connectivity index (χ1n) is 4.23. The average Bonchev–Trinajstić information content (AvgIpc) is 2.05. The van der Waals surface area contributed by atoms with Gasteiger partial charge in [0.15, 0.2) is 0 Å². The summed E-state index contributed by atoms with van der Waals surface area (Å²) in [5.41, 5.74) is 0. The zero-order valence-corrected chi connectivity index (χ0v) is 6.42. The molecule has 0 amide bonds. The first-order chi connectivity index (χ1) is 5.31. The Bertz CT molecular complexity index is 228. The lowest BCUT2D eigenvalue weighted by atomic mass is 9.64. The predicted molar refractivity (Wildman–Crippen MR) is 39.6 cm³/mol. The molecule has 11 heavy (non-hydrogen) atoms. The molecule has 0 N–H and O–H groups in total.